The first-order valence-electron chi connectivity index (χ1n) is 5.50. The number of likely N-dealkylation sites (tertiary alicyclic amines) is 1. The fourth-order valence-electron chi connectivity index (χ4n) is 1.97. The summed E-state index contributed by atoms with van der Waals surface area (Å²) in [6.45, 7) is 1.01. The van der Waals surface area contributed by atoms with Crippen LogP contribution in [0.15, 0.2) is 18.2 Å². The van der Waals surface area contributed by atoms with Crippen LogP contribution >= 0.6 is 23.2 Å². The van der Waals surface area contributed by atoms with Gasteiger partial charge in [-0.25, -0.2) is 0 Å². The summed E-state index contributed by atoms with van der Waals surface area (Å²) >= 11 is 11.8. The van der Waals surface area contributed by atoms with E-state index in [0.29, 0.717) is 28.7 Å². The summed E-state index contributed by atoms with van der Waals surface area (Å²) in [6.07, 6.45) is 1.11. The summed E-state index contributed by atoms with van der Waals surface area (Å²) in [4.78, 5) is 13.8. The van der Waals surface area contributed by atoms with Crippen LogP contribution in [0.1, 0.15) is 23.2 Å². The van der Waals surface area contributed by atoms with Crippen molar-refractivity contribution in [3.8, 4) is 0 Å². The normalized spacial score (nSPS) is 20.4. The highest BCUT2D eigenvalue weighted by molar-refractivity contribution is 6.35. The van der Waals surface area contributed by atoms with Crippen LogP contribution < -0.4 is 0 Å². The molecule has 5 heteroatoms. The van der Waals surface area contributed by atoms with Crippen LogP contribution in [0.5, 0.6) is 0 Å². The number of rotatable bonds is 1. The number of amides is 1. The van der Waals surface area contributed by atoms with Crippen molar-refractivity contribution in [2.45, 2.75) is 18.9 Å². The van der Waals surface area contributed by atoms with E-state index in [0.717, 1.165) is 12.8 Å². The average molecular weight is 274 g/mol. The maximum absolute atomic E-state index is 12.2. The van der Waals surface area contributed by atoms with Gasteiger partial charge in [-0.05, 0) is 31.0 Å². The van der Waals surface area contributed by atoms with Crippen molar-refractivity contribution < 1.29 is 9.90 Å². The van der Waals surface area contributed by atoms with E-state index in [2.05, 4.69) is 0 Å². The lowest BCUT2D eigenvalue weighted by Gasteiger charge is -2.30. The first-order chi connectivity index (χ1) is 8.08. The lowest BCUT2D eigenvalue weighted by atomic mass is 10.1. The predicted octanol–water partition coefficient (Wildman–Crippen LogP) is 2.59. The number of benzene rings is 1. The molecule has 1 atom stereocenters. The van der Waals surface area contributed by atoms with Gasteiger partial charge >= 0.3 is 0 Å². The molecule has 0 saturated carbocycles. The van der Waals surface area contributed by atoms with Gasteiger partial charge in [0.05, 0.1) is 16.7 Å². The molecule has 1 N–H and O–H groups in total. The molecule has 92 valence electrons. The zero-order valence-electron chi connectivity index (χ0n) is 9.20. The van der Waals surface area contributed by atoms with Crippen LogP contribution in [0.2, 0.25) is 10.0 Å². The van der Waals surface area contributed by atoms with Crippen molar-refractivity contribution >= 4 is 29.1 Å². The van der Waals surface area contributed by atoms with Crippen molar-refractivity contribution in [1.82, 2.24) is 4.90 Å². The summed E-state index contributed by atoms with van der Waals surface area (Å²) in [7, 11) is 0. The number of nitrogens with zero attached hydrogens (tertiary/aromatic N) is 1. The highest BCUT2D eigenvalue weighted by Gasteiger charge is 2.24. The topological polar surface area (TPSA) is 40.5 Å². The number of carbonyl (C=O) groups is 1. The Kier molecular flexibility index (Phi) is 3.92. The van der Waals surface area contributed by atoms with Crippen molar-refractivity contribution in [1.29, 1.82) is 0 Å². The molecule has 1 aromatic rings. The lowest BCUT2D eigenvalue weighted by molar-refractivity contribution is 0.0474. The molecular weight excluding hydrogens is 261 g/mol. The largest absolute Gasteiger partial charge is 0.391 e. The Balaban J connectivity index is 2.21. The third-order valence-electron chi connectivity index (χ3n) is 2.84. The average Bonchev–Trinajstić information content (AvgIpc) is 2.31. The Hall–Kier alpha value is -0.770. The highest BCUT2D eigenvalue weighted by Crippen LogP contribution is 2.23. The van der Waals surface area contributed by atoms with Crippen LogP contribution in [0.25, 0.3) is 0 Å². The summed E-state index contributed by atoms with van der Waals surface area (Å²) in [5, 5.41) is 10.4. The lowest BCUT2D eigenvalue weighted by Crippen LogP contribution is -2.42. The van der Waals surface area contributed by atoms with E-state index in [1.165, 1.54) is 0 Å². The smallest absolute Gasteiger partial charge is 0.255 e. The van der Waals surface area contributed by atoms with Crippen molar-refractivity contribution in [2.24, 2.45) is 0 Å². The standard InChI is InChI=1S/C12H13Cl2NO2/c13-8-3-4-11(14)10(6-8)12(17)15-5-1-2-9(16)7-15/h3-4,6,9,16H,1-2,5,7H2/t9-/m0/s1. The quantitative estimate of drug-likeness (QED) is 0.855. The van der Waals surface area contributed by atoms with Gasteiger partial charge in [-0.15, -0.1) is 0 Å². The second-order valence-electron chi connectivity index (χ2n) is 4.17. The van der Waals surface area contributed by atoms with Crippen LogP contribution in [0, 0.1) is 0 Å². The maximum atomic E-state index is 12.2. The van der Waals surface area contributed by atoms with E-state index in [1.54, 1.807) is 23.1 Å². The predicted molar refractivity (Wildman–Crippen MR) is 67.6 cm³/mol. The third-order valence-corrected chi connectivity index (χ3v) is 3.41. The summed E-state index contributed by atoms with van der Waals surface area (Å²) in [5.41, 5.74) is 0.397. The van der Waals surface area contributed by atoms with E-state index in [-0.39, 0.29) is 5.91 Å². The van der Waals surface area contributed by atoms with Gasteiger partial charge in [-0.3, -0.25) is 4.79 Å². The van der Waals surface area contributed by atoms with Crippen molar-refractivity contribution in [3.05, 3.63) is 33.8 Å². The number of carbonyl (C=O) groups excluding carboxylic acids is 1. The van der Waals surface area contributed by atoms with Crippen LogP contribution in [-0.2, 0) is 0 Å². The second kappa shape index (κ2) is 5.25. The van der Waals surface area contributed by atoms with E-state index in [9.17, 15) is 9.90 Å². The third kappa shape index (κ3) is 2.92. The number of aliphatic hydroxyl groups excluding tert-OH is 1. The summed E-state index contributed by atoms with van der Waals surface area (Å²) in [6, 6.07) is 4.82. The molecule has 1 aliphatic heterocycles. The number of hydrogen-bond acceptors (Lipinski definition) is 2. The minimum absolute atomic E-state index is 0.170. The number of hydrogen-bond donors (Lipinski definition) is 1. The fraction of sp³-hybridized carbons (Fsp3) is 0.417. The van der Waals surface area contributed by atoms with Gasteiger partial charge < -0.3 is 10.0 Å². The fourth-order valence-corrected chi connectivity index (χ4v) is 2.34. The molecular formula is C12H13Cl2NO2. The van der Waals surface area contributed by atoms with Gasteiger partial charge in [0.1, 0.15) is 0 Å². The minimum Gasteiger partial charge on any atom is -0.391 e. The first-order valence-corrected chi connectivity index (χ1v) is 6.26. The van der Waals surface area contributed by atoms with Gasteiger partial charge in [0.2, 0.25) is 0 Å². The zero-order chi connectivity index (χ0) is 12.4. The Bertz CT molecular complexity index is 437. The van der Waals surface area contributed by atoms with Crippen molar-refractivity contribution in [2.75, 3.05) is 13.1 Å². The molecule has 0 radical (unpaired) electrons. The van der Waals surface area contributed by atoms with E-state index >= 15 is 0 Å². The molecule has 0 unspecified atom stereocenters. The highest BCUT2D eigenvalue weighted by atomic mass is 35.5. The number of β-amino-alcohol motifs (C(OH)–C–C–N with tert-alkyl or cyclic N) is 1. The van der Waals surface area contributed by atoms with Crippen LogP contribution in [-0.4, -0.2) is 35.1 Å². The molecule has 0 bridgehead atoms. The van der Waals surface area contributed by atoms with Crippen molar-refractivity contribution in [3.63, 3.8) is 0 Å². The van der Waals surface area contributed by atoms with Crippen LogP contribution in [0.4, 0.5) is 0 Å². The molecule has 1 aliphatic rings. The van der Waals surface area contributed by atoms with Crippen LogP contribution in [0.3, 0.4) is 0 Å². The van der Waals surface area contributed by atoms with E-state index in [4.69, 9.17) is 23.2 Å². The molecule has 1 saturated heterocycles. The summed E-state index contributed by atoms with van der Waals surface area (Å²) in [5.74, 6) is -0.170. The second-order valence-corrected chi connectivity index (χ2v) is 5.02. The van der Waals surface area contributed by atoms with Gasteiger partial charge in [0.25, 0.3) is 5.91 Å². The molecule has 1 fully saturated rings. The molecule has 0 aliphatic carbocycles. The Morgan fingerprint density at radius 1 is 1.41 bits per heavy atom. The molecule has 1 aromatic carbocycles. The Morgan fingerprint density at radius 2 is 2.18 bits per heavy atom. The SMILES string of the molecule is O=C(c1cc(Cl)ccc1Cl)N1CCC[C@H](O)C1. The molecule has 3 nitrogen and oxygen atoms in total. The molecule has 0 aromatic heterocycles. The Morgan fingerprint density at radius 3 is 2.88 bits per heavy atom. The molecule has 0 spiro atoms. The number of halogens is 2. The molecule has 17 heavy (non-hydrogen) atoms. The summed E-state index contributed by atoms with van der Waals surface area (Å²) < 4.78 is 0. The van der Waals surface area contributed by atoms with E-state index < -0.39 is 6.10 Å². The molecule has 1 heterocycles. The molecule has 1 amide bonds. The van der Waals surface area contributed by atoms with Gasteiger partial charge in [-0.1, -0.05) is 23.2 Å². The monoisotopic (exact) mass is 273 g/mol. The number of aliphatic hydroxyl groups is 1. The minimum atomic E-state index is -0.439. The number of piperidine rings is 1. The maximum Gasteiger partial charge on any atom is 0.255 e. The van der Waals surface area contributed by atoms with Gasteiger partial charge in [0, 0.05) is 18.1 Å². The van der Waals surface area contributed by atoms with Gasteiger partial charge in [-0.2, -0.15) is 0 Å². The van der Waals surface area contributed by atoms with Gasteiger partial charge in [0.15, 0.2) is 0 Å². The zero-order valence-corrected chi connectivity index (χ0v) is 10.7. The first kappa shape index (κ1) is 12.7. The van der Waals surface area contributed by atoms with E-state index in [1.807, 2.05) is 0 Å². The molecule has 2 rings (SSSR count). The Labute approximate surface area is 110 Å².